The highest BCUT2D eigenvalue weighted by atomic mass is 16.5. The summed E-state index contributed by atoms with van der Waals surface area (Å²) in [4.78, 5) is 24.9. The van der Waals surface area contributed by atoms with Crippen LogP contribution in [0, 0.1) is 17.8 Å². The molecule has 24 heavy (non-hydrogen) atoms. The zero-order valence-electron chi connectivity index (χ0n) is 13.4. The second kappa shape index (κ2) is 4.29. The van der Waals surface area contributed by atoms with Gasteiger partial charge >= 0.3 is 5.97 Å². The smallest absolute Gasteiger partial charge is 0.354 e. The number of fused-ring (bicyclic) bond motifs is 8. The molecule has 1 heterocycles. The molecule has 0 spiro atoms. The lowest BCUT2D eigenvalue weighted by molar-refractivity contribution is 0.0590. The van der Waals surface area contributed by atoms with Gasteiger partial charge in [0.25, 0.3) is 0 Å². The Morgan fingerprint density at radius 1 is 1.25 bits per heavy atom. The Labute approximate surface area is 138 Å². The molecule has 0 amide bonds. The highest BCUT2D eigenvalue weighted by Crippen LogP contribution is 2.60. The second-order valence-corrected chi connectivity index (χ2v) is 7.07. The number of aromatic nitrogens is 1. The van der Waals surface area contributed by atoms with Crippen LogP contribution in [0.25, 0.3) is 10.9 Å². The van der Waals surface area contributed by atoms with E-state index in [0.29, 0.717) is 28.6 Å². The normalized spacial score (nSPS) is 29.3. The number of nitrogens with zero attached hydrogens (tertiary/aromatic N) is 1. The van der Waals surface area contributed by atoms with Crippen LogP contribution in [0.3, 0.4) is 0 Å². The molecule has 5 rings (SSSR count). The fourth-order valence-corrected chi connectivity index (χ4v) is 5.12. The summed E-state index contributed by atoms with van der Waals surface area (Å²) in [5.41, 5.74) is 2.27. The number of ether oxygens (including phenoxy) is 1. The number of carbonyl (C=O) groups is 2. The third-order valence-electron chi connectivity index (χ3n) is 6.09. The van der Waals surface area contributed by atoms with Crippen molar-refractivity contribution >= 4 is 22.7 Å². The van der Waals surface area contributed by atoms with E-state index in [1.54, 1.807) is 17.7 Å². The number of benzene rings is 1. The number of esters is 1. The number of ketones is 1. The van der Waals surface area contributed by atoms with E-state index in [0.717, 1.165) is 17.4 Å². The molecule has 3 aliphatic carbocycles. The van der Waals surface area contributed by atoms with Gasteiger partial charge in [-0.1, -0.05) is 12.2 Å². The van der Waals surface area contributed by atoms with Crippen molar-refractivity contribution in [3.8, 4) is 5.75 Å². The summed E-state index contributed by atoms with van der Waals surface area (Å²) >= 11 is 0. The number of carbonyl (C=O) groups excluding carboxylic acids is 2. The number of aryl methyl sites for hydroxylation is 1. The van der Waals surface area contributed by atoms with Crippen LogP contribution < -0.4 is 0 Å². The van der Waals surface area contributed by atoms with Crippen molar-refractivity contribution in [1.82, 2.24) is 4.57 Å². The quantitative estimate of drug-likeness (QED) is 0.647. The molecule has 2 aromatic rings. The molecule has 1 N–H and O–H groups in total. The van der Waals surface area contributed by atoms with Crippen LogP contribution in [-0.4, -0.2) is 28.5 Å². The maximum absolute atomic E-state index is 12.9. The SMILES string of the molecule is COC(=O)c1cc2cc3c(c(O)c2n1C)C(=O)[C@@H]1[C@H]3[C@@H]2C=C[C@H]1C2. The first-order valence-corrected chi connectivity index (χ1v) is 8.19. The van der Waals surface area contributed by atoms with Gasteiger partial charge < -0.3 is 14.4 Å². The molecule has 2 bridgehead atoms. The van der Waals surface area contributed by atoms with Gasteiger partial charge in [-0.25, -0.2) is 4.79 Å². The molecule has 122 valence electrons. The van der Waals surface area contributed by atoms with E-state index >= 15 is 0 Å². The van der Waals surface area contributed by atoms with E-state index in [1.165, 1.54) is 7.11 Å². The zero-order valence-corrected chi connectivity index (χ0v) is 13.4. The maximum Gasteiger partial charge on any atom is 0.354 e. The van der Waals surface area contributed by atoms with Crippen molar-refractivity contribution < 1.29 is 19.4 Å². The second-order valence-electron chi connectivity index (χ2n) is 7.07. The van der Waals surface area contributed by atoms with Gasteiger partial charge in [0, 0.05) is 24.3 Å². The summed E-state index contributed by atoms with van der Waals surface area (Å²) in [6, 6.07) is 3.70. The maximum atomic E-state index is 12.9. The van der Waals surface area contributed by atoms with Crippen molar-refractivity contribution in [2.24, 2.45) is 24.8 Å². The van der Waals surface area contributed by atoms with Crippen molar-refractivity contribution in [2.45, 2.75) is 12.3 Å². The van der Waals surface area contributed by atoms with Crippen molar-refractivity contribution in [3.63, 3.8) is 0 Å². The van der Waals surface area contributed by atoms with E-state index in [2.05, 4.69) is 12.2 Å². The van der Waals surface area contributed by atoms with Gasteiger partial charge in [-0.2, -0.15) is 0 Å². The topological polar surface area (TPSA) is 68.5 Å². The Morgan fingerprint density at radius 3 is 2.67 bits per heavy atom. The summed E-state index contributed by atoms with van der Waals surface area (Å²) in [7, 11) is 3.03. The minimum atomic E-state index is -0.458. The standard InChI is InChI=1S/C19H17NO4/c1-20-12(19(23)24-2)7-10-6-11-13-8-3-4-9(5-8)14(13)17(21)15(11)18(22)16(10)20/h3-4,6-9,13-14,22H,5H2,1-2H3/t8-,9+,13+,14+/m1/s1. The number of methoxy groups -OCH3 is 1. The summed E-state index contributed by atoms with van der Waals surface area (Å²) in [5.74, 6) is 0.405. The molecule has 5 nitrogen and oxygen atoms in total. The molecule has 0 saturated heterocycles. The van der Waals surface area contributed by atoms with Crippen LogP contribution in [0.2, 0.25) is 0 Å². The number of rotatable bonds is 1. The predicted octanol–water partition coefficient (Wildman–Crippen LogP) is 2.77. The minimum Gasteiger partial charge on any atom is -0.505 e. The van der Waals surface area contributed by atoms with Crippen LogP contribution in [0.5, 0.6) is 5.75 Å². The lowest BCUT2D eigenvalue weighted by atomic mass is 9.83. The van der Waals surface area contributed by atoms with E-state index in [-0.39, 0.29) is 23.4 Å². The number of phenolic OH excluding ortho intramolecular Hbond substituents is 1. The third-order valence-corrected chi connectivity index (χ3v) is 6.09. The molecule has 1 aromatic heterocycles. The lowest BCUT2D eigenvalue weighted by Crippen LogP contribution is -2.18. The van der Waals surface area contributed by atoms with Crippen LogP contribution in [0.15, 0.2) is 24.3 Å². The number of allylic oxidation sites excluding steroid dienone is 2. The Morgan fingerprint density at radius 2 is 1.96 bits per heavy atom. The number of aromatic hydroxyl groups is 1. The first-order chi connectivity index (χ1) is 11.5. The molecule has 1 saturated carbocycles. The van der Waals surface area contributed by atoms with Gasteiger partial charge in [0.2, 0.25) is 0 Å². The largest absolute Gasteiger partial charge is 0.505 e. The van der Waals surface area contributed by atoms with Crippen molar-refractivity contribution in [3.05, 3.63) is 41.1 Å². The molecule has 0 unspecified atom stereocenters. The summed E-state index contributed by atoms with van der Waals surface area (Å²) in [6.45, 7) is 0. The Kier molecular flexibility index (Phi) is 2.47. The van der Waals surface area contributed by atoms with Gasteiger partial charge in [0.1, 0.15) is 5.69 Å². The average Bonchev–Trinajstić information content (AvgIpc) is 3.30. The summed E-state index contributed by atoms with van der Waals surface area (Å²) in [6.07, 6.45) is 5.39. The predicted molar refractivity (Wildman–Crippen MR) is 87.2 cm³/mol. The van der Waals surface area contributed by atoms with E-state index in [9.17, 15) is 14.7 Å². The van der Waals surface area contributed by atoms with Crippen LogP contribution >= 0.6 is 0 Å². The van der Waals surface area contributed by atoms with Crippen molar-refractivity contribution in [2.75, 3.05) is 7.11 Å². The molecule has 0 aliphatic heterocycles. The number of hydrogen-bond acceptors (Lipinski definition) is 4. The monoisotopic (exact) mass is 323 g/mol. The van der Waals surface area contributed by atoms with Crippen LogP contribution in [0.4, 0.5) is 0 Å². The molecule has 3 aliphatic rings. The zero-order chi connectivity index (χ0) is 16.7. The van der Waals surface area contributed by atoms with Gasteiger partial charge in [-0.05, 0) is 36.0 Å². The molecule has 0 radical (unpaired) electrons. The first-order valence-electron chi connectivity index (χ1n) is 8.19. The van der Waals surface area contributed by atoms with Gasteiger partial charge in [-0.3, -0.25) is 4.79 Å². The van der Waals surface area contributed by atoms with E-state index < -0.39 is 5.97 Å². The average molecular weight is 323 g/mol. The summed E-state index contributed by atoms with van der Waals surface area (Å²) < 4.78 is 6.40. The van der Waals surface area contributed by atoms with Gasteiger partial charge in [0.05, 0.1) is 18.2 Å². The Balaban J connectivity index is 1.78. The van der Waals surface area contributed by atoms with Gasteiger partial charge in [0.15, 0.2) is 11.5 Å². The van der Waals surface area contributed by atoms with Crippen molar-refractivity contribution in [1.29, 1.82) is 0 Å². The highest BCUT2D eigenvalue weighted by molar-refractivity contribution is 6.11. The van der Waals surface area contributed by atoms with E-state index in [1.807, 2.05) is 6.07 Å². The third kappa shape index (κ3) is 1.41. The van der Waals surface area contributed by atoms with E-state index in [4.69, 9.17) is 4.74 Å². The number of Topliss-reactive ketones (excluding diaryl/α,β-unsaturated/α-hetero) is 1. The Hall–Kier alpha value is -2.56. The highest BCUT2D eigenvalue weighted by Gasteiger charge is 2.55. The van der Waals surface area contributed by atoms with Gasteiger partial charge in [-0.15, -0.1) is 0 Å². The first kappa shape index (κ1) is 13.8. The molecular formula is C19H17NO4. The fourth-order valence-electron chi connectivity index (χ4n) is 5.12. The molecule has 5 heteroatoms. The number of phenols is 1. The summed E-state index contributed by atoms with van der Waals surface area (Å²) in [5, 5.41) is 11.6. The van der Waals surface area contributed by atoms with Crippen LogP contribution in [0.1, 0.15) is 38.7 Å². The number of hydrogen-bond donors (Lipinski definition) is 1. The Bertz CT molecular complexity index is 968. The minimum absolute atomic E-state index is 0.000969. The fraction of sp³-hybridized carbons (Fsp3) is 0.368. The molecule has 4 atom stereocenters. The molecule has 1 fully saturated rings. The molecular weight excluding hydrogens is 306 g/mol. The van der Waals surface area contributed by atoms with Crippen LogP contribution in [-0.2, 0) is 11.8 Å². The molecule has 1 aromatic carbocycles. The lowest BCUT2D eigenvalue weighted by Gasteiger charge is -2.19.